The maximum atomic E-state index is 14.6. The molecule has 3 aliphatic rings. The lowest BCUT2D eigenvalue weighted by molar-refractivity contribution is -0.148. The molecule has 3 fully saturated rings. The number of nitrogens with zero attached hydrogens (tertiary/aromatic N) is 3. The molecule has 40 heavy (non-hydrogen) atoms. The van der Waals surface area contributed by atoms with E-state index in [0.717, 1.165) is 12.1 Å². The molecule has 3 aliphatic heterocycles. The molecule has 7 nitrogen and oxygen atoms in total. The predicted octanol–water partition coefficient (Wildman–Crippen LogP) is 4.52. The number of carbonyl (C=O) groups is 3. The number of amides is 3. The number of rotatable bonds is 11. The zero-order valence-corrected chi connectivity index (χ0v) is 25.4. The van der Waals surface area contributed by atoms with Gasteiger partial charge in [-0.2, -0.15) is 0 Å². The molecule has 0 radical (unpaired) electrons. The Morgan fingerprint density at radius 3 is 2.35 bits per heavy atom. The van der Waals surface area contributed by atoms with Crippen LogP contribution >= 0.6 is 11.8 Å². The van der Waals surface area contributed by atoms with Crippen LogP contribution in [-0.2, 0) is 14.4 Å². The van der Waals surface area contributed by atoms with E-state index >= 15 is 0 Å². The van der Waals surface area contributed by atoms with Gasteiger partial charge >= 0.3 is 0 Å². The largest absolute Gasteiger partial charge is 0.394 e. The summed E-state index contributed by atoms with van der Waals surface area (Å²) in [5.74, 6) is -1.36. The first kappa shape index (κ1) is 30.4. The fourth-order valence-corrected chi connectivity index (χ4v) is 9.27. The van der Waals surface area contributed by atoms with Gasteiger partial charge in [0.05, 0.1) is 29.2 Å². The molecule has 3 saturated heterocycles. The summed E-state index contributed by atoms with van der Waals surface area (Å²) in [6.07, 6.45) is 5.45. The number of aliphatic hydroxyl groups excluding tert-OH is 1. The summed E-state index contributed by atoms with van der Waals surface area (Å²) in [6.45, 7) is 18.3. The van der Waals surface area contributed by atoms with Crippen molar-refractivity contribution in [2.45, 2.75) is 81.5 Å². The first-order valence-electron chi connectivity index (χ1n) is 14.4. The lowest BCUT2D eigenvalue weighted by Crippen LogP contribution is -2.60. The summed E-state index contributed by atoms with van der Waals surface area (Å²) in [6, 6.07) is 8.24. The Morgan fingerprint density at radius 2 is 1.80 bits per heavy atom. The van der Waals surface area contributed by atoms with E-state index in [0.29, 0.717) is 25.9 Å². The Morgan fingerprint density at radius 1 is 1.15 bits per heavy atom. The van der Waals surface area contributed by atoms with Crippen LogP contribution in [-0.4, -0.2) is 79.9 Å². The van der Waals surface area contributed by atoms with Crippen molar-refractivity contribution in [3.05, 3.63) is 55.6 Å². The van der Waals surface area contributed by atoms with Crippen molar-refractivity contribution >= 4 is 35.2 Å². The second-order valence-corrected chi connectivity index (χ2v) is 14.4. The quantitative estimate of drug-likeness (QED) is 0.398. The second-order valence-electron chi connectivity index (χ2n) is 12.7. The van der Waals surface area contributed by atoms with Crippen LogP contribution in [0, 0.1) is 17.8 Å². The van der Waals surface area contributed by atoms with E-state index in [4.69, 9.17) is 0 Å². The van der Waals surface area contributed by atoms with Gasteiger partial charge in [0.15, 0.2) is 0 Å². The smallest absolute Gasteiger partial charge is 0.247 e. The Labute approximate surface area is 243 Å². The van der Waals surface area contributed by atoms with Gasteiger partial charge in [0.25, 0.3) is 0 Å². The third kappa shape index (κ3) is 5.13. The Hall–Kier alpha value is -2.58. The van der Waals surface area contributed by atoms with Crippen molar-refractivity contribution in [2.75, 3.05) is 24.6 Å². The van der Waals surface area contributed by atoms with Gasteiger partial charge in [-0.15, -0.1) is 24.9 Å². The third-order valence-electron chi connectivity index (χ3n) is 8.64. The molecule has 3 amide bonds. The van der Waals surface area contributed by atoms with Gasteiger partial charge in [-0.1, -0.05) is 44.2 Å². The van der Waals surface area contributed by atoms with E-state index in [9.17, 15) is 19.5 Å². The highest BCUT2D eigenvalue weighted by atomic mass is 32.2. The molecule has 1 N–H and O–H groups in total. The van der Waals surface area contributed by atoms with Crippen LogP contribution in [0.2, 0.25) is 0 Å². The predicted molar refractivity (Wildman–Crippen MR) is 162 cm³/mol. The molecule has 1 aromatic rings. The van der Waals surface area contributed by atoms with Gasteiger partial charge in [-0.3, -0.25) is 14.4 Å². The fraction of sp³-hybridized carbons (Fsp3) is 0.594. The molecule has 0 aliphatic carbocycles. The second kappa shape index (κ2) is 11.7. The van der Waals surface area contributed by atoms with Crippen LogP contribution in [0.25, 0.3) is 0 Å². The van der Waals surface area contributed by atoms with Gasteiger partial charge in [0.1, 0.15) is 6.04 Å². The van der Waals surface area contributed by atoms with Crippen LogP contribution in [0.3, 0.4) is 0 Å². The Kier molecular flexibility index (Phi) is 8.91. The maximum absolute atomic E-state index is 14.6. The molecule has 4 rings (SSSR count). The number of fused-ring (bicyclic) bond motifs is 1. The van der Waals surface area contributed by atoms with Crippen molar-refractivity contribution < 1.29 is 19.5 Å². The molecular weight excluding hydrogens is 522 g/mol. The standard InChI is InChI=1S/C32H45N3O4S/c1-8-17-33(22-13-11-10-12-14-22)28(37)25-24-15-16-32(40-24)26(25)29(38)35(23(20-36)19-21(3)4)27(32)30(39)34(18-9-2)31(5,6)7/h8-14,21,23-27,36H,1-2,15-20H2,3-7H3/t23-,24-,25+,26+,27?,32?/m1/s1. The average Bonchev–Trinajstić information content (AvgIpc) is 3.55. The first-order chi connectivity index (χ1) is 18.9. The van der Waals surface area contributed by atoms with Crippen LogP contribution in [0.15, 0.2) is 55.6 Å². The number of hydrogen-bond donors (Lipinski definition) is 1. The minimum Gasteiger partial charge on any atom is -0.394 e. The number of thioether (sulfide) groups is 1. The molecule has 2 unspecified atom stereocenters. The van der Waals surface area contributed by atoms with Crippen LogP contribution in [0.4, 0.5) is 5.69 Å². The van der Waals surface area contributed by atoms with Gasteiger partial charge < -0.3 is 19.8 Å². The summed E-state index contributed by atoms with van der Waals surface area (Å²) in [5, 5.41) is 10.5. The molecule has 6 atom stereocenters. The molecule has 2 bridgehead atoms. The molecule has 0 saturated carbocycles. The highest BCUT2D eigenvalue weighted by Gasteiger charge is 2.74. The topological polar surface area (TPSA) is 81.2 Å². The Balaban J connectivity index is 1.82. The summed E-state index contributed by atoms with van der Waals surface area (Å²) >= 11 is 1.66. The number of anilines is 1. The number of para-hydroxylation sites is 1. The van der Waals surface area contributed by atoms with Gasteiger partial charge in [0, 0.05) is 29.6 Å². The summed E-state index contributed by atoms with van der Waals surface area (Å²) < 4.78 is -0.717. The van der Waals surface area contributed by atoms with Gasteiger partial charge in [-0.25, -0.2) is 0 Å². The molecule has 1 spiro atoms. The van der Waals surface area contributed by atoms with Crippen molar-refractivity contribution in [3.63, 3.8) is 0 Å². The molecule has 8 heteroatoms. The lowest BCUT2D eigenvalue weighted by Gasteiger charge is -2.44. The van der Waals surface area contributed by atoms with Crippen molar-refractivity contribution in [1.82, 2.24) is 9.80 Å². The van der Waals surface area contributed by atoms with Crippen molar-refractivity contribution in [2.24, 2.45) is 17.8 Å². The van der Waals surface area contributed by atoms with E-state index in [1.165, 1.54) is 0 Å². The van der Waals surface area contributed by atoms with E-state index < -0.39 is 34.2 Å². The Bertz CT molecular complexity index is 1130. The molecule has 1 aromatic carbocycles. The van der Waals surface area contributed by atoms with Gasteiger partial charge in [-0.05, 0) is 58.1 Å². The van der Waals surface area contributed by atoms with Crippen molar-refractivity contribution in [3.8, 4) is 0 Å². The summed E-state index contributed by atoms with van der Waals surface area (Å²) in [4.78, 5) is 48.7. The average molecular weight is 568 g/mol. The monoisotopic (exact) mass is 567 g/mol. The summed E-state index contributed by atoms with van der Waals surface area (Å²) in [5.41, 5.74) is 0.272. The third-order valence-corrected chi connectivity index (χ3v) is 10.6. The minimum absolute atomic E-state index is 0.0462. The van der Waals surface area contributed by atoms with Gasteiger partial charge in [0.2, 0.25) is 17.7 Å². The molecule has 3 heterocycles. The number of aliphatic hydroxyl groups is 1. The number of carbonyl (C=O) groups excluding carboxylic acids is 3. The molecule has 218 valence electrons. The van der Waals surface area contributed by atoms with E-state index in [-0.39, 0.29) is 35.5 Å². The maximum Gasteiger partial charge on any atom is 0.247 e. The fourth-order valence-electron chi connectivity index (χ4n) is 7.08. The number of hydrogen-bond acceptors (Lipinski definition) is 5. The highest BCUT2D eigenvalue weighted by molar-refractivity contribution is 8.02. The zero-order chi connectivity index (χ0) is 29.4. The molecular formula is C32H45N3O4S. The van der Waals surface area contributed by atoms with Crippen molar-refractivity contribution in [1.29, 1.82) is 0 Å². The normalized spacial score (nSPS) is 28.0. The SMILES string of the molecule is C=CCN(C(=O)[C@@H]1[C@H]2C(=O)N([C@@H](CO)CC(C)C)C(C(=O)N(CC=C)C(C)(C)C)C23CC[C@H]1S3)c1ccccc1. The lowest BCUT2D eigenvalue weighted by atomic mass is 9.70. The minimum atomic E-state index is -0.752. The first-order valence-corrected chi connectivity index (χ1v) is 15.3. The zero-order valence-electron chi connectivity index (χ0n) is 24.6. The van der Waals surface area contributed by atoms with Crippen LogP contribution in [0.1, 0.15) is 53.9 Å². The summed E-state index contributed by atoms with van der Waals surface area (Å²) in [7, 11) is 0. The van der Waals surface area contributed by atoms with Crippen LogP contribution < -0.4 is 4.90 Å². The highest BCUT2D eigenvalue weighted by Crippen LogP contribution is 2.67. The van der Waals surface area contributed by atoms with E-state index in [1.807, 2.05) is 51.1 Å². The van der Waals surface area contributed by atoms with E-state index in [2.05, 4.69) is 27.0 Å². The van der Waals surface area contributed by atoms with Crippen LogP contribution in [0.5, 0.6) is 0 Å². The molecule has 0 aromatic heterocycles. The van der Waals surface area contributed by atoms with E-state index in [1.54, 1.807) is 38.6 Å². The number of benzene rings is 1. The number of likely N-dealkylation sites (tertiary alicyclic amines) is 1.